The van der Waals surface area contributed by atoms with Gasteiger partial charge >= 0.3 is 0 Å². The van der Waals surface area contributed by atoms with Crippen molar-refractivity contribution in [3.05, 3.63) is 33.3 Å². The lowest BCUT2D eigenvalue weighted by Gasteiger charge is -2.28. The molecule has 1 fully saturated rings. The van der Waals surface area contributed by atoms with Crippen LogP contribution >= 0.6 is 27.5 Å². The van der Waals surface area contributed by atoms with E-state index in [1.54, 1.807) is 18.2 Å². The summed E-state index contributed by atoms with van der Waals surface area (Å²) in [7, 11) is 2.14. The average molecular weight is 346 g/mol. The van der Waals surface area contributed by atoms with Crippen molar-refractivity contribution >= 4 is 33.4 Å². The van der Waals surface area contributed by atoms with Crippen LogP contribution in [0.15, 0.2) is 22.7 Å². The molecule has 1 aromatic rings. The molecular weight excluding hydrogens is 328 g/mol. The van der Waals surface area contributed by atoms with Gasteiger partial charge in [-0.05, 0) is 73.0 Å². The summed E-state index contributed by atoms with van der Waals surface area (Å²) >= 11 is 9.31. The van der Waals surface area contributed by atoms with Crippen LogP contribution in [-0.4, -0.2) is 37.5 Å². The summed E-state index contributed by atoms with van der Waals surface area (Å²) in [5, 5.41) is 3.56. The second-order valence-corrected chi connectivity index (χ2v) is 6.35. The molecule has 1 aliphatic rings. The second kappa shape index (κ2) is 6.73. The fourth-order valence-corrected chi connectivity index (χ4v) is 2.67. The van der Waals surface area contributed by atoms with Crippen molar-refractivity contribution in [2.45, 2.75) is 12.8 Å². The average Bonchev–Trinajstić information content (AvgIpc) is 2.41. The Balaban J connectivity index is 1.85. The highest BCUT2D eigenvalue weighted by atomic mass is 79.9. The number of amides is 1. The maximum absolute atomic E-state index is 12.0. The molecule has 1 aromatic carbocycles. The SMILES string of the molecule is CN1CCC(CNC(=O)c2ccc(Br)c(Cl)c2)CC1. The third-order valence-electron chi connectivity index (χ3n) is 3.57. The first-order valence-electron chi connectivity index (χ1n) is 6.48. The smallest absolute Gasteiger partial charge is 0.251 e. The highest BCUT2D eigenvalue weighted by Gasteiger charge is 2.17. The van der Waals surface area contributed by atoms with Crippen LogP contribution in [0.5, 0.6) is 0 Å². The lowest BCUT2D eigenvalue weighted by molar-refractivity contribution is 0.0939. The maximum atomic E-state index is 12.0. The van der Waals surface area contributed by atoms with E-state index >= 15 is 0 Å². The van der Waals surface area contributed by atoms with E-state index in [2.05, 4.69) is 33.2 Å². The number of piperidine rings is 1. The van der Waals surface area contributed by atoms with Gasteiger partial charge in [-0.25, -0.2) is 0 Å². The fraction of sp³-hybridized carbons (Fsp3) is 0.500. The number of likely N-dealkylation sites (tertiary alicyclic amines) is 1. The molecule has 0 bridgehead atoms. The number of rotatable bonds is 3. The van der Waals surface area contributed by atoms with Crippen molar-refractivity contribution in [2.75, 3.05) is 26.7 Å². The van der Waals surface area contributed by atoms with Gasteiger partial charge in [0.05, 0.1) is 5.02 Å². The Labute approximate surface area is 127 Å². The van der Waals surface area contributed by atoms with E-state index in [-0.39, 0.29) is 5.91 Å². The lowest BCUT2D eigenvalue weighted by Crippen LogP contribution is -2.36. The molecular formula is C14H18BrClN2O. The van der Waals surface area contributed by atoms with E-state index < -0.39 is 0 Å². The molecule has 0 radical (unpaired) electrons. The van der Waals surface area contributed by atoms with Gasteiger partial charge in [-0.2, -0.15) is 0 Å². The van der Waals surface area contributed by atoms with Gasteiger partial charge in [0.15, 0.2) is 0 Å². The molecule has 2 rings (SSSR count). The van der Waals surface area contributed by atoms with Crippen molar-refractivity contribution < 1.29 is 4.79 Å². The van der Waals surface area contributed by atoms with Gasteiger partial charge in [0.25, 0.3) is 5.91 Å². The number of carbonyl (C=O) groups excluding carboxylic acids is 1. The number of carbonyl (C=O) groups is 1. The van der Waals surface area contributed by atoms with Crippen LogP contribution in [0, 0.1) is 5.92 Å². The van der Waals surface area contributed by atoms with E-state index in [4.69, 9.17) is 11.6 Å². The van der Waals surface area contributed by atoms with Crippen molar-refractivity contribution in [3.8, 4) is 0 Å². The van der Waals surface area contributed by atoms with E-state index in [0.717, 1.165) is 36.9 Å². The Hall–Kier alpha value is -0.580. The molecule has 0 unspecified atom stereocenters. The molecule has 1 amide bonds. The summed E-state index contributed by atoms with van der Waals surface area (Å²) in [6.07, 6.45) is 2.30. The zero-order chi connectivity index (χ0) is 13.8. The predicted octanol–water partition coefficient (Wildman–Crippen LogP) is 3.17. The molecule has 0 aromatic heterocycles. The Morgan fingerprint density at radius 3 is 2.79 bits per heavy atom. The highest BCUT2D eigenvalue weighted by Crippen LogP contribution is 2.23. The van der Waals surface area contributed by atoms with Crippen LogP contribution in [-0.2, 0) is 0 Å². The minimum atomic E-state index is -0.0478. The van der Waals surface area contributed by atoms with Crippen LogP contribution in [0.4, 0.5) is 0 Å². The molecule has 0 aliphatic carbocycles. The van der Waals surface area contributed by atoms with Gasteiger partial charge in [-0.1, -0.05) is 11.6 Å². The summed E-state index contributed by atoms with van der Waals surface area (Å²) in [6, 6.07) is 5.27. The van der Waals surface area contributed by atoms with E-state index in [9.17, 15) is 4.79 Å². The Kier molecular flexibility index (Phi) is 5.25. The van der Waals surface area contributed by atoms with Crippen LogP contribution in [0.1, 0.15) is 23.2 Å². The molecule has 1 N–H and O–H groups in total. The van der Waals surface area contributed by atoms with Gasteiger partial charge in [0.1, 0.15) is 0 Å². The third kappa shape index (κ3) is 4.20. The zero-order valence-electron chi connectivity index (χ0n) is 11.0. The van der Waals surface area contributed by atoms with Gasteiger partial charge in [0.2, 0.25) is 0 Å². The van der Waals surface area contributed by atoms with Crippen molar-refractivity contribution in [1.82, 2.24) is 10.2 Å². The quantitative estimate of drug-likeness (QED) is 0.912. The first kappa shape index (κ1) is 14.8. The minimum Gasteiger partial charge on any atom is -0.352 e. The monoisotopic (exact) mass is 344 g/mol. The summed E-state index contributed by atoms with van der Waals surface area (Å²) in [5.41, 5.74) is 0.612. The molecule has 1 aliphatic heterocycles. The van der Waals surface area contributed by atoms with E-state index in [1.807, 2.05) is 0 Å². The molecule has 3 nitrogen and oxygen atoms in total. The van der Waals surface area contributed by atoms with Gasteiger partial charge in [-0.15, -0.1) is 0 Å². The van der Waals surface area contributed by atoms with Crippen LogP contribution in [0.2, 0.25) is 5.02 Å². The zero-order valence-corrected chi connectivity index (χ0v) is 13.3. The molecule has 5 heteroatoms. The standard InChI is InChI=1S/C14H18BrClN2O/c1-18-6-4-10(5-7-18)9-17-14(19)11-2-3-12(15)13(16)8-11/h2-3,8,10H,4-7,9H2,1H3,(H,17,19). The topological polar surface area (TPSA) is 32.3 Å². The first-order chi connectivity index (χ1) is 9.06. The normalized spacial score (nSPS) is 17.4. The molecule has 1 heterocycles. The second-order valence-electron chi connectivity index (χ2n) is 5.09. The van der Waals surface area contributed by atoms with Crippen molar-refractivity contribution in [2.24, 2.45) is 5.92 Å². The summed E-state index contributed by atoms with van der Waals surface area (Å²) < 4.78 is 0.807. The molecule has 0 spiro atoms. The molecule has 104 valence electrons. The fourth-order valence-electron chi connectivity index (χ4n) is 2.24. The summed E-state index contributed by atoms with van der Waals surface area (Å²) in [6.45, 7) is 2.98. The number of benzene rings is 1. The molecule has 0 atom stereocenters. The van der Waals surface area contributed by atoms with E-state index in [1.165, 1.54) is 0 Å². The molecule has 19 heavy (non-hydrogen) atoms. The molecule has 0 saturated carbocycles. The summed E-state index contributed by atoms with van der Waals surface area (Å²) in [4.78, 5) is 14.3. The van der Waals surface area contributed by atoms with Gasteiger partial charge in [-0.3, -0.25) is 4.79 Å². The molecule has 1 saturated heterocycles. The third-order valence-corrected chi connectivity index (χ3v) is 4.80. The van der Waals surface area contributed by atoms with Crippen molar-refractivity contribution in [3.63, 3.8) is 0 Å². The van der Waals surface area contributed by atoms with E-state index in [0.29, 0.717) is 16.5 Å². The van der Waals surface area contributed by atoms with Crippen LogP contribution < -0.4 is 5.32 Å². The minimum absolute atomic E-state index is 0.0478. The van der Waals surface area contributed by atoms with Gasteiger partial charge in [0, 0.05) is 16.6 Å². The number of nitrogens with zero attached hydrogens (tertiary/aromatic N) is 1. The van der Waals surface area contributed by atoms with Crippen molar-refractivity contribution in [1.29, 1.82) is 0 Å². The largest absolute Gasteiger partial charge is 0.352 e. The Bertz CT molecular complexity index is 459. The number of nitrogens with one attached hydrogen (secondary N) is 1. The number of hydrogen-bond donors (Lipinski definition) is 1. The first-order valence-corrected chi connectivity index (χ1v) is 7.65. The van der Waals surface area contributed by atoms with Crippen LogP contribution in [0.3, 0.4) is 0 Å². The Morgan fingerprint density at radius 1 is 1.47 bits per heavy atom. The number of hydrogen-bond acceptors (Lipinski definition) is 2. The maximum Gasteiger partial charge on any atom is 0.251 e. The number of halogens is 2. The highest BCUT2D eigenvalue weighted by molar-refractivity contribution is 9.10. The lowest BCUT2D eigenvalue weighted by atomic mass is 9.97. The van der Waals surface area contributed by atoms with Gasteiger partial charge < -0.3 is 10.2 Å². The summed E-state index contributed by atoms with van der Waals surface area (Å²) in [5.74, 6) is 0.541. The van der Waals surface area contributed by atoms with Crippen LogP contribution in [0.25, 0.3) is 0 Å². The predicted molar refractivity (Wildman–Crippen MR) is 81.7 cm³/mol. The Morgan fingerprint density at radius 2 is 2.16 bits per heavy atom.